The molecule has 0 aromatic heterocycles. The number of ether oxygens (including phenoxy) is 3. The fraction of sp³-hybridized carbons (Fsp3) is 0.375. The maximum absolute atomic E-state index is 12.3. The molecule has 2 rings (SSSR count). The molecule has 0 spiro atoms. The first-order valence-corrected chi connectivity index (χ1v) is 10.6. The molecule has 0 unspecified atom stereocenters. The van der Waals surface area contributed by atoms with Crippen molar-refractivity contribution in [3.63, 3.8) is 0 Å². The van der Waals surface area contributed by atoms with E-state index >= 15 is 0 Å². The van der Waals surface area contributed by atoms with Crippen LogP contribution in [0.25, 0.3) is 0 Å². The largest absolute Gasteiger partial charge is 0.490 e. The van der Waals surface area contributed by atoms with Crippen LogP contribution in [0.15, 0.2) is 48.5 Å². The van der Waals surface area contributed by atoms with Crippen molar-refractivity contribution >= 4 is 23.6 Å². The molecule has 0 fully saturated rings. The Morgan fingerprint density at radius 3 is 2.24 bits per heavy atom. The molecule has 3 N–H and O–H groups in total. The number of hydrogen-bond donors (Lipinski definition) is 3. The van der Waals surface area contributed by atoms with Crippen molar-refractivity contribution in [3.8, 4) is 11.5 Å². The third-order valence-electron chi connectivity index (χ3n) is 4.00. The second-order valence-electron chi connectivity index (χ2n) is 8.05. The summed E-state index contributed by atoms with van der Waals surface area (Å²) < 4.78 is 16.1. The Kier molecular flexibility index (Phi) is 9.53. The van der Waals surface area contributed by atoms with Gasteiger partial charge in [0.25, 0.3) is 5.91 Å². The molecule has 33 heavy (non-hydrogen) atoms. The van der Waals surface area contributed by atoms with Gasteiger partial charge in [0, 0.05) is 12.2 Å². The van der Waals surface area contributed by atoms with Crippen LogP contribution >= 0.6 is 0 Å². The van der Waals surface area contributed by atoms with Gasteiger partial charge in [0.15, 0.2) is 18.1 Å². The van der Waals surface area contributed by atoms with Crippen LogP contribution in [0.3, 0.4) is 0 Å². The fourth-order valence-electron chi connectivity index (χ4n) is 2.67. The summed E-state index contributed by atoms with van der Waals surface area (Å²) >= 11 is 0. The van der Waals surface area contributed by atoms with Gasteiger partial charge in [-0.15, -0.1) is 0 Å². The average molecular weight is 458 g/mol. The molecular formula is C24H31N3O6. The van der Waals surface area contributed by atoms with E-state index in [0.717, 1.165) is 5.56 Å². The van der Waals surface area contributed by atoms with E-state index in [2.05, 4.69) is 16.0 Å². The first kappa shape index (κ1) is 25.5. The number of benzene rings is 2. The highest BCUT2D eigenvalue weighted by molar-refractivity contribution is 5.92. The molecule has 0 aliphatic rings. The minimum atomic E-state index is -0.659. The second kappa shape index (κ2) is 12.3. The van der Waals surface area contributed by atoms with E-state index in [9.17, 15) is 14.4 Å². The van der Waals surface area contributed by atoms with Crippen molar-refractivity contribution < 1.29 is 28.6 Å². The van der Waals surface area contributed by atoms with E-state index < -0.39 is 11.7 Å². The van der Waals surface area contributed by atoms with E-state index in [0.29, 0.717) is 23.8 Å². The Hall–Kier alpha value is -3.75. The quantitative estimate of drug-likeness (QED) is 0.505. The van der Waals surface area contributed by atoms with Crippen LogP contribution in [0, 0.1) is 0 Å². The third-order valence-corrected chi connectivity index (χ3v) is 4.00. The number of amides is 3. The van der Waals surface area contributed by atoms with Gasteiger partial charge in [-0.1, -0.05) is 24.3 Å². The highest BCUT2D eigenvalue weighted by atomic mass is 16.6. The molecule has 0 radical (unpaired) electrons. The lowest BCUT2D eigenvalue weighted by molar-refractivity contribution is -0.120. The first-order chi connectivity index (χ1) is 15.7. The molecule has 178 valence electrons. The maximum Gasteiger partial charge on any atom is 0.408 e. The molecule has 0 aliphatic carbocycles. The predicted octanol–water partition coefficient (Wildman–Crippen LogP) is 3.24. The van der Waals surface area contributed by atoms with Crippen LogP contribution in [0.4, 0.5) is 10.5 Å². The molecule has 0 saturated carbocycles. The van der Waals surface area contributed by atoms with Gasteiger partial charge in [0.2, 0.25) is 5.91 Å². The smallest absolute Gasteiger partial charge is 0.408 e. The van der Waals surface area contributed by atoms with E-state index in [1.54, 1.807) is 57.2 Å². The number of hydrogen-bond acceptors (Lipinski definition) is 6. The summed E-state index contributed by atoms with van der Waals surface area (Å²) in [4.78, 5) is 35.9. The zero-order valence-electron chi connectivity index (χ0n) is 19.4. The van der Waals surface area contributed by atoms with Crippen LogP contribution in [0.5, 0.6) is 11.5 Å². The van der Waals surface area contributed by atoms with Gasteiger partial charge in [-0.2, -0.15) is 0 Å². The minimum Gasteiger partial charge on any atom is -0.490 e. The van der Waals surface area contributed by atoms with Gasteiger partial charge < -0.3 is 30.2 Å². The van der Waals surface area contributed by atoms with Gasteiger partial charge in [-0.05, 0) is 57.5 Å². The number of nitrogens with one attached hydrogen (secondary N) is 3. The van der Waals surface area contributed by atoms with Gasteiger partial charge in [0.1, 0.15) is 12.1 Å². The van der Waals surface area contributed by atoms with Gasteiger partial charge in [-0.25, -0.2) is 4.79 Å². The molecule has 0 aliphatic heterocycles. The standard InChI is InChI=1S/C24H31N3O6/c1-5-31-19-11-6-7-12-20(19)32-16-22(29)27-18-10-8-9-17(13-18)14-25-21(28)15-26-23(30)33-24(2,3)4/h6-13H,5,14-16H2,1-4H3,(H,25,28)(H,26,30)(H,27,29). The van der Waals surface area contributed by atoms with Crippen molar-refractivity contribution in [2.75, 3.05) is 25.1 Å². The van der Waals surface area contributed by atoms with Gasteiger partial charge in [-0.3, -0.25) is 9.59 Å². The van der Waals surface area contributed by atoms with Crippen molar-refractivity contribution in [1.82, 2.24) is 10.6 Å². The zero-order chi connectivity index (χ0) is 24.3. The van der Waals surface area contributed by atoms with E-state index in [-0.39, 0.29) is 31.5 Å². The van der Waals surface area contributed by atoms with Gasteiger partial charge >= 0.3 is 6.09 Å². The minimum absolute atomic E-state index is 0.179. The average Bonchev–Trinajstić information content (AvgIpc) is 2.75. The number of carbonyl (C=O) groups is 3. The topological polar surface area (TPSA) is 115 Å². The summed E-state index contributed by atoms with van der Waals surface area (Å²) in [6, 6.07) is 14.2. The highest BCUT2D eigenvalue weighted by Gasteiger charge is 2.16. The molecular weight excluding hydrogens is 426 g/mol. The van der Waals surface area contributed by atoms with Crippen LogP contribution < -0.4 is 25.4 Å². The Morgan fingerprint density at radius 1 is 0.879 bits per heavy atom. The van der Waals surface area contributed by atoms with Gasteiger partial charge in [0.05, 0.1) is 6.61 Å². The Morgan fingerprint density at radius 2 is 1.58 bits per heavy atom. The van der Waals surface area contributed by atoms with E-state index in [4.69, 9.17) is 14.2 Å². The Labute approximate surface area is 193 Å². The molecule has 0 bridgehead atoms. The lowest BCUT2D eigenvalue weighted by Gasteiger charge is -2.19. The number of anilines is 1. The number of rotatable bonds is 10. The Bertz CT molecular complexity index is 955. The molecule has 9 nitrogen and oxygen atoms in total. The maximum atomic E-state index is 12.3. The zero-order valence-corrected chi connectivity index (χ0v) is 19.4. The third kappa shape index (κ3) is 9.94. The highest BCUT2D eigenvalue weighted by Crippen LogP contribution is 2.26. The second-order valence-corrected chi connectivity index (χ2v) is 8.05. The van der Waals surface area contributed by atoms with Crippen molar-refractivity contribution in [2.24, 2.45) is 0 Å². The summed E-state index contributed by atoms with van der Waals surface area (Å²) in [5.74, 6) is 0.373. The summed E-state index contributed by atoms with van der Waals surface area (Å²) in [6.45, 7) is 7.44. The van der Waals surface area contributed by atoms with Crippen LogP contribution in [-0.4, -0.2) is 43.3 Å². The lowest BCUT2D eigenvalue weighted by atomic mass is 10.2. The molecule has 9 heteroatoms. The van der Waals surface area contributed by atoms with Crippen LogP contribution in [0.1, 0.15) is 33.3 Å². The lowest BCUT2D eigenvalue weighted by Crippen LogP contribution is -2.39. The monoisotopic (exact) mass is 457 g/mol. The van der Waals surface area contributed by atoms with E-state index in [1.165, 1.54) is 0 Å². The summed E-state index contributed by atoms with van der Waals surface area (Å²) in [7, 11) is 0. The van der Waals surface area contributed by atoms with E-state index in [1.807, 2.05) is 19.1 Å². The summed E-state index contributed by atoms with van der Waals surface area (Å²) in [5, 5.41) is 7.86. The SMILES string of the molecule is CCOc1ccccc1OCC(=O)Nc1cccc(CNC(=O)CNC(=O)OC(C)(C)C)c1. The molecule has 0 atom stereocenters. The number of alkyl carbamates (subject to hydrolysis) is 1. The molecule has 3 amide bonds. The van der Waals surface area contributed by atoms with Crippen LogP contribution in [0.2, 0.25) is 0 Å². The van der Waals surface area contributed by atoms with Crippen LogP contribution in [-0.2, 0) is 20.9 Å². The number of carbonyl (C=O) groups excluding carboxylic acids is 3. The number of para-hydroxylation sites is 2. The molecule has 2 aromatic rings. The Balaban J connectivity index is 1.79. The van der Waals surface area contributed by atoms with Crippen molar-refractivity contribution in [1.29, 1.82) is 0 Å². The molecule has 0 heterocycles. The van der Waals surface area contributed by atoms with Crippen molar-refractivity contribution in [3.05, 3.63) is 54.1 Å². The van der Waals surface area contributed by atoms with Crippen molar-refractivity contribution in [2.45, 2.75) is 39.8 Å². The molecule has 0 saturated heterocycles. The fourth-order valence-corrected chi connectivity index (χ4v) is 2.67. The molecule has 2 aromatic carbocycles. The first-order valence-electron chi connectivity index (χ1n) is 10.6. The summed E-state index contributed by atoms with van der Waals surface area (Å²) in [6.07, 6.45) is -0.659. The predicted molar refractivity (Wildman–Crippen MR) is 124 cm³/mol. The summed E-state index contributed by atoms with van der Waals surface area (Å²) in [5.41, 5.74) is 0.713. The normalized spacial score (nSPS) is 10.7.